The molecule has 0 aromatic carbocycles. The Kier molecular flexibility index (Phi) is 5.21. The van der Waals surface area contributed by atoms with Crippen molar-refractivity contribution in [2.24, 2.45) is 0 Å². The van der Waals surface area contributed by atoms with E-state index >= 15 is 0 Å². The quantitative estimate of drug-likeness (QED) is 0.794. The number of anilines is 1. The van der Waals surface area contributed by atoms with Gasteiger partial charge in [-0.3, -0.25) is 0 Å². The van der Waals surface area contributed by atoms with Crippen LogP contribution in [0, 0.1) is 6.92 Å². The highest BCUT2D eigenvalue weighted by atomic mass is 16.6. The molecule has 2 aliphatic rings. The molecule has 1 unspecified atom stereocenters. The number of piperidine rings is 1. The number of carbonyl (C=O) groups is 1. The summed E-state index contributed by atoms with van der Waals surface area (Å²) in [5, 5.41) is 0. The number of carbonyl (C=O) groups excluding carboxylic acids is 1. The molecule has 138 valence electrons. The summed E-state index contributed by atoms with van der Waals surface area (Å²) < 4.78 is 5.63. The van der Waals surface area contributed by atoms with Crippen LogP contribution in [0.4, 0.5) is 10.6 Å². The summed E-state index contributed by atoms with van der Waals surface area (Å²) in [6, 6.07) is 4.36. The second-order valence-electron chi connectivity index (χ2n) is 8.22. The number of pyridine rings is 1. The maximum absolute atomic E-state index is 12.7. The Balaban J connectivity index is 1.81. The largest absolute Gasteiger partial charge is 0.444 e. The topological polar surface area (TPSA) is 45.7 Å². The molecule has 25 heavy (non-hydrogen) atoms. The first-order chi connectivity index (χ1) is 11.8. The molecule has 5 heteroatoms. The van der Waals surface area contributed by atoms with Crippen LogP contribution in [0.25, 0.3) is 0 Å². The fraction of sp³-hybridized carbons (Fsp3) is 0.700. The van der Waals surface area contributed by atoms with Crippen LogP contribution >= 0.6 is 0 Å². The molecule has 1 atom stereocenters. The highest BCUT2D eigenvalue weighted by Crippen LogP contribution is 2.34. The molecule has 0 N–H and O–H groups in total. The maximum atomic E-state index is 12.7. The zero-order chi connectivity index (χ0) is 18.0. The van der Waals surface area contributed by atoms with Crippen LogP contribution in [0.5, 0.6) is 0 Å². The van der Waals surface area contributed by atoms with E-state index in [0.717, 1.165) is 56.0 Å². The van der Waals surface area contributed by atoms with Gasteiger partial charge in [0, 0.05) is 25.3 Å². The van der Waals surface area contributed by atoms with Crippen LogP contribution < -0.4 is 4.90 Å². The zero-order valence-corrected chi connectivity index (χ0v) is 16.0. The highest BCUT2D eigenvalue weighted by Gasteiger charge is 2.32. The summed E-state index contributed by atoms with van der Waals surface area (Å²) in [6.45, 7) is 10.8. The van der Waals surface area contributed by atoms with E-state index in [9.17, 15) is 4.79 Å². The van der Waals surface area contributed by atoms with Crippen molar-refractivity contribution < 1.29 is 9.53 Å². The van der Waals surface area contributed by atoms with E-state index in [1.54, 1.807) is 0 Å². The average molecular weight is 345 g/mol. The van der Waals surface area contributed by atoms with Gasteiger partial charge >= 0.3 is 6.09 Å². The summed E-state index contributed by atoms with van der Waals surface area (Å²) in [4.78, 5) is 21.8. The zero-order valence-electron chi connectivity index (χ0n) is 16.0. The minimum Gasteiger partial charge on any atom is -0.444 e. The second-order valence-corrected chi connectivity index (χ2v) is 8.22. The molecule has 3 rings (SSSR count). The van der Waals surface area contributed by atoms with E-state index in [2.05, 4.69) is 24.0 Å². The summed E-state index contributed by atoms with van der Waals surface area (Å²) in [7, 11) is 0. The Labute approximate surface area is 151 Å². The fourth-order valence-corrected chi connectivity index (χ4v) is 3.83. The Morgan fingerprint density at radius 1 is 1.12 bits per heavy atom. The Morgan fingerprint density at radius 2 is 1.80 bits per heavy atom. The van der Waals surface area contributed by atoms with Gasteiger partial charge in [0.15, 0.2) is 0 Å². The smallest absolute Gasteiger partial charge is 0.410 e. The third kappa shape index (κ3) is 4.25. The lowest BCUT2D eigenvalue weighted by Crippen LogP contribution is -2.42. The van der Waals surface area contributed by atoms with Crippen molar-refractivity contribution in [2.75, 3.05) is 24.5 Å². The number of hydrogen-bond donors (Lipinski definition) is 0. The van der Waals surface area contributed by atoms with E-state index in [0.29, 0.717) is 0 Å². The number of rotatable bonds is 2. The third-order valence-electron chi connectivity index (χ3n) is 5.03. The van der Waals surface area contributed by atoms with Crippen molar-refractivity contribution >= 4 is 11.9 Å². The number of ether oxygens (including phenoxy) is 1. The summed E-state index contributed by atoms with van der Waals surface area (Å²) >= 11 is 0. The number of likely N-dealkylation sites (tertiary alicyclic amines) is 1. The van der Waals surface area contributed by atoms with Crippen molar-refractivity contribution in [1.29, 1.82) is 0 Å². The van der Waals surface area contributed by atoms with Gasteiger partial charge in [-0.1, -0.05) is 6.07 Å². The predicted molar refractivity (Wildman–Crippen MR) is 100.0 cm³/mol. The summed E-state index contributed by atoms with van der Waals surface area (Å²) in [6.07, 6.45) is 5.44. The summed E-state index contributed by atoms with van der Waals surface area (Å²) in [5.41, 5.74) is 1.73. The third-order valence-corrected chi connectivity index (χ3v) is 5.03. The van der Waals surface area contributed by atoms with Crippen molar-refractivity contribution in [3.8, 4) is 0 Å². The van der Waals surface area contributed by atoms with Gasteiger partial charge in [0.25, 0.3) is 0 Å². The lowest BCUT2D eigenvalue weighted by Gasteiger charge is -2.37. The standard InChI is InChI=1S/C20H31N3O2/c1-15-16(10-11-18(21-15)22-12-7-8-13-22)17-9-5-6-14-23(17)19(24)25-20(2,3)4/h10-11,17H,5-9,12-14H2,1-4H3. The molecule has 0 bridgehead atoms. The van der Waals surface area contributed by atoms with Gasteiger partial charge in [0.2, 0.25) is 0 Å². The number of aromatic nitrogens is 1. The molecule has 3 heterocycles. The molecule has 2 fully saturated rings. The Bertz CT molecular complexity index is 618. The molecule has 5 nitrogen and oxygen atoms in total. The minimum atomic E-state index is -0.466. The van der Waals surface area contributed by atoms with Crippen LogP contribution in [0.1, 0.15) is 70.2 Å². The second kappa shape index (κ2) is 7.22. The molecular formula is C20H31N3O2. The van der Waals surface area contributed by atoms with Crippen LogP contribution in [0.15, 0.2) is 12.1 Å². The number of hydrogen-bond acceptors (Lipinski definition) is 4. The SMILES string of the molecule is Cc1nc(N2CCCC2)ccc1C1CCCCN1C(=O)OC(C)(C)C. The molecule has 1 aromatic rings. The number of nitrogens with zero attached hydrogens (tertiary/aromatic N) is 3. The Morgan fingerprint density at radius 3 is 2.44 bits per heavy atom. The molecular weight excluding hydrogens is 314 g/mol. The van der Waals surface area contributed by atoms with Gasteiger partial charge in [-0.2, -0.15) is 0 Å². The lowest BCUT2D eigenvalue weighted by atomic mass is 9.94. The molecule has 1 amide bonds. The minimum absolute atomic E-state index is 0.0729. The van der Waals surface area contributed by atoms with Gasteiger partial charge in [0.1, 0.15) is 11.4 Å². The van der Waals surface area contributed by atoms with E-state index in [1.807, 2.05) is 25.7 Å². The highest BCUT2D eigenvalue weighted by molar-refractivity contribution is 5.69. The van der Waals surface area contributed by atoms with Gasteiger partial charge in [-0.15, -0.1) is 0 Å². The molecule has 2 saturated heterocycles. The average Bonchev–Trinajstić information content (AvgIpc) is 3.07. The lowest BCUT2D eigenvalue weighted by molar-refractivity contribution is 0.00942. The van der Waals surface area contributed by atoms with Crippen LogP contribution in [-0.4, -0.2) is 41.2 Å². The van der Waals surface area contributed by atoms with Gasteiger partial charge in [0.05, 0.1) is 6.04 Å². The monoisotopic (exact) mass is 345 g/mol. The maximum Gasteiger partial charge on any atom is 0.410 e. The molecule has 0 aliphatic carbocycles. The molecule has 0 radical (unpaired) electrons. The molecule has 0 saturated carbocycles. The first-order valence-corrected chi connectivity index (χ1v) is 9.57. The first kappa shape index (κ1) is 18.0. The van der Waals surface area contributed by atoms with E-state index in [4.69, 9.17) is 9.72 Å². The molecule has 2 aliphatic heterocycles. The van der Waals surface area contributed by atoms with E-state index in [1.165, 1.54) is 12.8 Å². The van der Waals surface area contributed by atoms with Gasteiger partial charge in [-0.05, 0) is 71.4 Å². The number of aryl methyl sites for hydroxylation is 1. The normalized spacial score (nSPS) is 21.5. The van der Waals surface area contributed by atoms with Crippen molar-refractivity contribution in [3.63, 3.8) is 0 Å². The van der Waals surface area contributed by atoms with Gasteiger partial charge < -0.3 is 14.5 Å². The summed E-state index contributed by atoms with van der Waals surface area (Å²) in [5.74, 6) is 1.07. The number of amides is 1. The first-order valence-electron chi connectivity index (χ1n) is 9.57. The van der Waals surface area contributed by atoms with Crippen molar-refractivity contribution in [3.05, 3.63) is 23.4 Å². The van der Waals surface area contributed by atoms with Crippen LogP contribution in [0.2, 0.25) is 0 Å². The van der Waals surface area contributed by atoms with Gasteiger partial charge in [-0.25, -0.2) is 9.78 Å². The fourth-order valence-electron chi connectivity index (χ4n) is 3.83. The van der Waals surface area contributed by atoms with Crippen LogP contribution in [-0.2, 0) is 4.74 Å². The van der Waals surface area contributed by atoms with Crippen LogP contribution in [0.3, 0.4) is 0 Å². The van der Waals surface area contributed by atoms with Crippen molar-refractivity contribution in [1.82, 2.24) is 9.88 Å². The molecule has 1 aromatic heterocycles. The van der Waals surface area contributed by atoms with Crippen molar-refractivity contribution in [2.45, 2.75) is 71.4 Å². The predicted octanol–water partition coefficient (Wildman–Crippen LogP) is 4.45. The Hall–Kier alpha value is -1.78. The van der Waals surface area contributed by atoms with E-state index in [-0.39, 0.29) is 12.1 Å². The van der Waals surface area contributed by atoms with E-state index < -0.39 is 5.60 Å². The molecule has 0 spiro atoms.